The van der Waals surface area contributed by atoms with E-state index in [1.165, 1.54) is 33.9 Å². The zero-order valence-corrected chi connectivity index (χ0v) is 26.3. The van der Waals surface area contributed by atoms with E-state index in [1.807, 2.05) is 6.20 Å². The van der Waals surface area contributed by atoms with Crippen molar-refractivity contribution in [2.24, 2.45) is 5.92 Å². The number of rotatable bonds is 5. The van der Waals surface area contributed by atoms with Gasteiger partial charge in [-0.3, -0.25) is 0 Å². The van der Waals surface area contributed by atoms with E-state index in [0.29, 0.717) is 0 Å². The maximum absolute atomic E-state index is 5.07. The topological polar surface area (TPSA) is 25.9 Å². The molecule has 4 unspecified atom stereocenters. The van der Waals surface area contributed by atoms with Crippen LogP contribution in [-0.4, -0.2) is 17.3 Å². The summed E-state index contributed by atoms with van der Waals surface area (Å²) in [6.07, 6.45) is 3.89. The summed E-state index contributed by atoms with van der Waals surface area (Å²) in [6.45, 7) is 6.76. The summed E-state index contributed by atoms with van der Waals surface area (Å²) >= 11 is 0. The molecule has 0 spiro atoms. The Morgan fingerprint density at radius 3 is 1.68 bits per heavy atom. The Kier molecular flexibility index (Phi) is 6.39. The molecular weight excluding hydrogens is 574 g/mol. The molecule has 0 saturated heterocycles. The lowest BCUT2D eigenvalue weighted by Crippen LogP contribution is -2.59. The second-order valence-corrected chi connectivity index (χ2v) is 12.5. The van der Waals surface area contributed by atoms with Gasteiger partial charge in [0.1, 0.15) is 12.3 Å². The minimum absolute atomic E-state index is 0.00372. The Morgan fingerprint density at radius 1 is 0.511 bits per heavy atom. The van der Waals surface area contributed by atoms with Crippen LogP contribution >= 0.6 is 0 Å². The molecule has 0 fully saturated rings. The van der Waals surface area contributed by atoms with Crippen molar-refractivity contribution < 1.29 is 0 Å². The van der Waals surface area contributed by atoms with Crippen molar-refractivity contribution >= 4 is 45.6 Å². The van der Waals surface area contributed by atoms with Crippen molar-refractivity contribution in [3.05, 3.63) is 176 Å². The number of aryl methyl sites for hydroxylation is 1. The Balaban J connectivity index is 1.37. The molecule has 0 aliphatic carbocycles. The Labute approximate surface area is 276 Å². The van der Waals surface area contributed by atoms with E-state index >= 15 is 0 Å². The molecule has 0 N–H and O–H groups in total. The number of hydrogen-bond donors (Lipinski definition) is 0. The van der Waals surface area contributed by atoms with Gasteiger partial charge in [0.15, 0.2) is 5.82 Å². The van der Waals surface area contributed by atoms with Gasteiger partial charge in [0.05, 0.1) is 17.1 Å². The molecule has 228 valence electrons. The van der Waals surface area contributed by atoms with E-state index in [0.717, 1.165) is 22.9 Å². The fourth-order valence-corrected chi connectivity index (χ4v) is 8.23. The van der Waals surface area contributed by atoms with Crippen molar-refractivity contribution in [1.29, 1.82) is 0 Å². The molecule has 5 heteroatoms. The molecule has 4 heterocycles. The highest BCUT2D eigenvalue weighted by molar-refractivity contribution is 5.92. The van der Waals surface area contributed by atoms with Gasteiger partial charge in [-0.05, 0) is 78.7 Å². The van der Waals surface area contributed by atoms with E-state index in [-0.39, 0.29) is 24.2 Å². The number of para-hydroxylation sites is 6. The lowest BCUT2D eigenvalue weighted by Gasteiger charge is -2.51. The number of allylic oxidation sites excluding steroid dienone is 1. The molecule has 0 bridgehead atoms. The summed E-state index contributed by atoms with van der Waals surface area (Å²) in [7, 11) is 0. The largest absolute Gasteiger partial charge is 0.318 e. The standard InChI is InChI=1S/C42H35N5/c1-3-32-33-22-11-13-24-35(33)47-40-38(27-16-28-43-40)45(31-20-8-5-9-21-31)42(47)39(32)41-44(30-18-6-4-7-19-30)36-25-14-15-26-37(36)46(41)34-23-12-10-17-29(34)2/h3-28,32,39,41-42H,1H2,2H3. The van der Waals surface area contributed by atoms with Crippen molar-refractivity contribution in [1.82, 2.24) is 4.98 Å². The number of nitrogens with zero attached hydrogens (tertiary/aromatic N) is 5. The van der Waals surface area contributed by atoms with Gasteiger partial charge in [0.2, 0.25) is 0 Å². The van der Waals surface area contributed by atoms with Crippen LogP contribution in [0.1, 0.15) is 17.0 Å². The third-order valence-corrected chi connectivity index (χ3v) is 10.1. The van der Waals surface area contributed by atoms with Gasteiger partial charge in [-0.15, -0.1) is 6.58 Å². The zero-order valence-electron chi connectivity index (χ0n) is 26.3. The van der Waals surface area contributed by atoms with Gasteiger partial charge in [-0.2, -0.15) is 0 Å². The van der Waals surface area contributed by atoms with Gasteiger partial charge >= 0.3 is 0 Å². The van der Waals surface area contributed by atoms with E-state index in [1.54, 1.807) is 0 Å². The second-order valence-electron chi connectivity index (χ2n) is 12.5. The fourth-order valence-electron chi connectivity index (χ4n) is 8.23. The molecule has 0 radical (unpaired) electrons. The molecule has 5 nitrogen and oxygen atoms in total. The first-order valence-corrected chi connectivity index (χ1v) is 16.3. The van der Waals surface area contributed by atoms with Crippen molar-refractivity contribution in [3.8, 4) is 0 Å². The SMILES string of the molecule is C=CC1c2ccccc2N2c3ncccc3N(c3ccccc3)C2C1C1N(c2ccccc2)c2ccccc2N1c1ccccc1C. The fraction of sp³-hybridized carbons (Fsp3) is 0.119. The summed E-state index contributed by atoms with van der Waals surface area (Å²) in [5, 5.41) is 0. The molecule has 9 rings (SSSR count). The average Bonchev–Trinajstić information content (AvgIpc) is 3.66. The number of pyridine rings is 1. The van der Waals surface area contributed by atoms with Gasteiger partial charge < -0.3 is 19.6 Å². The van der Waals surface area contributed by atoms with Crippen LogP contribution in [0.5, 0.6) is 0 Å². The van der Waals surface area contributed by atoms with Crippen LogP contribution in [0, 0.1) is 12.8 Å². The monoisotopic (exact) mass is 609 g/mol. The minimum atomic E-state index is -0.111. The molecular formula is C42H35N5. The number of benzene rings is 5. The van der Waals surface area contributed by atoms with Crippen LogP contribution in [0.25, 0.3) is 0 Å². The third-order valence-electron chi connectivity index (χ3n) is 10.1. The van der Waals surface area contributed by atoms with Crippen molar-refractivity contribution in [2.45, 2.75) is 25.2 Å². The summed E-state index contributed by atoms with van der Waals surface area (Å²) in [6, 6.07) is 52.4. The third kappa shape index (κ3) is 4.06. The highest BCUT2D eigenvalue weighted by atomic mass is 15.5. The second kappa shape index (κ2) is 10.9. The van der Waals surface area contributed by atoms with E-state index in [2.05, 4.69) is 185 Å². The van der Waals surface area contributed by atoms with Gasteiger partial charge in [-0.1, -0.05) is 91.0 Å². The maximum atomic E-state index is 5.07. The summed E-state index contributed by atoms with van der Waals surface area (Å²) in [5.41, 5.74) is 10.7. The molecule has 3 aliphatic heterocycles. The first-order valence-electron chi connectivity index (χ1n) is 16.3. The van der Waals surface area contributed by atoms with Crippen LogP contribution in [0.3, 0.4) is 0 Å². The molecule has 0 saturated carbocycles. The molecule has 5 aromatic carbocycles. The summed E-state index contributed by atoms with van der Waals surface area (Å²) < 4.78 is 0. The molecule has 6 aromatic rings. The zero-order chi connectivity index (χ0) is 31.5. The molecule has 1 aromatic heterocycles. The Bertz CT molecular complexity index is 2090. The number of aromatic nitrogens is 1. The van der Waals surface area contributed by atoms with E-state index < -0.39 is 0 Å². The van der Waals surface area contributed by atoms with E-state index in [4.69, 9.17) is 4.98 Å². The first-order chi connectivity index (χ1) is 23.3. The molecule has 4 atom stereocenters. The van der Waals surface area contributed by atoms with Crippen LogP contribution in [0.4, 0.5) is 45.6 Å². The summed E-state index contributed by atoms with van der Waals surface area (Å²) in [4.78, 5) is 15.2. The predicted molar refractivity (Wildman–Crippen MR) is 194 cm³/mol. The normalized spacial score (nSPS) is 20.8. The maximum Gasteiger partial charge on any atom is 0.158 e. The summed E-state index contributed by atoms with van der Waals surface area (Å²) in [5.74, 6) is 1.01. The number of hydrogen-bond acceptors (Lipinski definition) is 5. The lowest BCUT2D eigenvalue weighted by molar-refractivity contribution is 0.320. The quantitative estimate of drug-likeness (QED) is 0.181. The Hall–Kier alpha value is -5.81. The van der Waals surface area contributed by atoms with Crippen LogP contribution < -0.4 is 19.6 Å². The van der Waals surface area contributed by atoms with Gasteiger partial charge in [0, 0.05) is 40.8 Å². The van der Waals surface area contributed by atoms with Crippen LogP contribution in [0.15, 0.2) is 164 Å². The molecule has 0 amide bonds. The first kappa shape index (κ1) is 27.5. The highest BCUT2D eigenvalue weighted by Gasteiger charge is 2.57. The predicted octanol–water partition coefficient (Wildman–Crippen LogP) is 10.2. The number of anilines is 8. The van der Waals surface area contributed by atoms with Crippen LogP contribution in [-0.2, 0) is 0 Å². The van der Waals surface area contributed by atoms with Gasteiger partial charge in [-0.25, -0.2) is 4.98 Å². The highest BCUT2D eigenvalue weighted by Crippen LogP contribution is 2.60. The molecule has 47 heavy (non-hydrogen) atoms. The number of fused-ring (bicyclic) bond motifs is 6. The smallest absolute Gasteiger partial charge is 0.158 e. The Morgan fingerprint density at radius 2 is 1.02 bits per heavy atom. The minimum Gasteiger partial charge on any atom is -0.318 e. The van der Waals surface area contributed by atoms with Crippen LogP contribution in [0.2, 0.25) is 0 Å². The average molecular weight is 610 g/mol. The molecule has 3 aliphatic rings. The van der Waals surface area contributed by atoms with Crippen molar-refractivity contribution in [2.75, 3.05) is 19.6 Å². The van der Waals surface area contributed by atoms with Crippen molar-refractivity contribution in [3.63, 3.8) is 0 Å². The van der Waals surface area contributed by atoms with E-state index in [9.17, 15) is 0 Å². The lowest BCUT2D eigenvalue weighted by atomic mass is 9.76. The van der Waals surface area contributed by atoms with Gasteiger partial charge in [0.25, 0.3) is 0 Å².